The molecular formula is C26H30N4O3. The lowest BCUT2D eigenvalue weighted by molar-refractivity contribution is -0.126. The number of rotatable bonds is 7. The van der Waals surface area contributed by atoms with Crippen molar-refractivity contribution in [2.75, 3.05) is 25.2 Å². The molecule has 0 fully saturated rings. The number of ether oxygens (including phenoxy) is 1. The predicted octanol–water partition coefficient (Wildman–Crippen LogP) is 3.74. The number of nitrogens with one attached hydrogen (secondary N) is 1. The van der Waals surface area contributed by atoms with Gasteiger partial charge in [0.25, 0.3) is 5.91 Å². The van der Waals surface area contributed by atoms with Gasteiger partial charge in [0.05, 0.1) is 12.2 Å². The van der Waals surface area contributed by atoms with E-state index in [0.29, 0.717) is 36.6 Å². The van der Waals surface area contributed by atoms with E-state index >= 15 is 0 Å². The molecule has 4 rings (SSSR count). The third kappa shape index (κ3) is 4.28. The number of benzene rings is 2. The van der Waals surface area contributed by atoms with Crippen LogP contribution in [0.2, 0.25) is 0 Å². The highest BCUT2D eigenvalue weighted by atomic mass is 16.5. The molecule has 3 aromatic rings. The molecule has 2 amide bonds. The normalized spacial score (nSPS) is 17.7. The van der Waals surface area contributed by atoms with Crippen molar-refractivity contribution in [2.45, 2.75) is 39.3 Å². The van der Waals surface area contributed by atoms with Gasteiger partial charge in [0.2, 0.25) is 5.91 Å². The number of fused-ring (bicyclic) bond motifs is 1. The van der Waals surface area contributed by atoms with Crippen molar-refractivity contribution in [3.8, 4) is 11.3 Å². The molecule has 1 atom stereocenters. The van der Waals surface area contributed by atoms with Crippen molar-refractivity contribution < 1.29 is 14.3 Å². The number of hydrogen-bond acceptors (Lipinski definition) is 4. The summed E-state index contributed by atoms with van der Waals surface area (Å²) in [4.78, 5) is 28.9. The maximum absolute atomic E-state index is 13.8. The Balaban J connectivity index is 1.76. The molecule has 0 saturated carbocycles. The van der Waals surface area contributed by atoms with E-state index in [9.17, 15) is 9.59 Å². The zero-order valence-corrected chi connectivity index (χ0v) is 19.6. The Labute approximate surface area is 194 Å². The van der Waals surface area contributed by atoms with Crippen molar-refractivity contribution in [2.24, 2.45) is 0 Å². The number of hydrogen-bond donors (Lipinski definition) is 1. The van der Waals surface area contributed by atoms with E-state index in [2.05, 4.69) is 10.4 Å². The van der Waals surface area contributed by atoms with Gasteiger partial charge in [-0.3, -0.25) is 19.2 Å². The van der Waals surface area contributed by atoms with Gasteiger partial charge in [-0.05, 0) is 56.5 Å². The van der Waals surface area contributed by atoms with Crippen LogP contribution in [0.5, 0.6) is 0 Å². The summed E-state index contributed by atoms with van der Waals surface area (Å²) < 4.78 is 6.75. The Bertz CT molecular complexity index is 1170. The number of carbonyl (C=O) groups excluding carboxylic acids is 2. The van der Waals surface area contributed by atoms with E-state index in [0.717, 1.165) is 16.7 Å². The topological polar surface area (TPSA) is 76.5 Å². The summed E-state index contributed by atoms with van der Waals surface area (Å²) in [5, 5.41) is 7.68. The lowest BCUT2D eigenvalue weighted by atomic mass is 9.93. The van der Waals surface area contributed by atoms with Crippen molar-refractivity contribution in [3.63, 3.8) is 0 Å². The number of methoxy groups -OCH3 is 1. The molecule has 0 radical (unpaired) electrons. The molecule has 2 heterocycles. The summed E-state index contributed by atoms with van der Waals surface area (Å²) in [6.07, 6.45) is 0.696. The molecule has 1 N–H and O–H groups in total. The summed E-state index contributed by atoms with van der Waals surface area (Å²) in [5.41, 5.74) is 3.86. The highest BCUT2D eigenvalue weighted by Crippen LogP contribution is 2.35. The molecule has 1 aromatic heterocycles. The summed E-state index contributed by atoms with van der Waals surface area (Å²) in [6, 6.07) is 17.4. The first-order valence-electron chi connectivity index (χ1n) is 11.2. The Hall–Kier alpha value is -3.45. The lowest BCUT2D eigenvalue weighted by Crippen LogP contribution is -2.64. The second-order valence-electron chi connectivity index (χ2n) is 8.72. The molecule has 0 saturated heterocycles. The van der Waals surface area contributed by atoms with Gasteiger partial charge in [-0.2, -0.15) is 5.10 Å². The standard InChI is InChI=1S/C26H30N4O3/c1-18-11-12-21(15-19(18)2)30-24(31)23-16-22(20-9-6-5-7-10-20)28-29(23)17-26(30,3)25(32)27-13-8-14-33-4/h5-7,9-12,15-16H,8,13-14,17H2,1-4H3,(H,27,32)/t26-/m1/s1. The molecule has 7 nitrogen and oxygen atoms in total. The average Bonchev–Trinajstić information content (AvgIpc) is 3.23. The Morgan fingerprint density at radius 1 is 1.12 bits per heavy atom. The molecule has 1 aliphatic rings. The van der Waals surface area contributed by atoms with Gasteiger partial charge in [-0.25, -0.2) is 0 Å². The van der Waals surface area contributed by atoms with Crippen LogP contribution in [0.3, 0.4) is 0 Å². The van der Waals surface area contributed by atoms with Crippen molar-refractivity contribution >= 4 is 17.5 Å². The number of amides is 2. The van der Waals surface area contributed by atoms with Crippen LogP contribution in [-0.2, 0) is 16.1 Å². The van der Waals surface area contributed by atoms with Gasteiger partial charge in [-0.1, -0.05) is 36.4 Å². The molecule has 172 valence electrons. The zero-order valence-electron chi connectivity index (χ0n) is 19.6. The maximum atomic E-state index is 13.8. The number of carbonyl (C=O) groups is 2. The monoisotopic (exact) mass is 446 g/mol. The van der Waals surface area contributed by atoms with Crippen LogP contribution in [0.4, 0.5) is 5.69 Å². The summed E-state index contributed by atoms with van der Waals surface area (Å²) in [7, 11) is 1.63. The maximum Gasteiger partial charge on any atom is 0.277 e. The van der Waals surface area contributed by atoms with Crippen LogP contribution >= 0.6 is 0 Å². The van der Waals surface area contributed by atoms with E-state index in [1.165, 1.54) is 0 Å². The second-order valence-corrected chi connectivity index (χ2v) is 8.72. The van der Waals surface area contributed by atoms with E-state index in [4.69, 9.17) is 4.74 Å². The first kappa shape index (κ1) is 22.7. The molecule has 0 spiro atoms. The Morgan fingerprint density at radius 2 is 1.88 bits per heavy atom. The van der Waals surface area contributed by atoms with Gasteiger partial charge in [0, 0.05) is 31.5 Å². The number of aryl methyl sites for hydroxylation is 2. The fourth-order valence-electron chi connectivity index (χ4n) is 4.21. The average molecular weight is 447 g/mol. The van der Waals surface area contributed by atoms with Crippen LogP contribution in [0.25, 0.3) is 11.3 Å². The number of nitrogens with zero attached hydrogens (tertiary/aromatic N) is 3. The van der Waals surface area contributed by atoms with E-state index in [-0.39, 0.29) is 18.4 Å². The fraction of sp³-hybridized carbons (Fsp3) is 0.346. The SMILES string of the molecule is COCCCNC(=O)[C@@]1(C)Cn2nc(-c3ccccc3)cc2C(=O)N1c1ccc(C)c(C)c1. The van der Waals surface area contributed by atoms with Crippen LogP contribution in [-0.4, -0.2) is 47.4 Å². The molecule has 7 heteroatoms. The molecule has 1 aliphatic heterocycles. The van der Waals surface area contributed by atoms with Crippen LogP contribution in [0.1, 0.15) is 35.0 Å². The van der Waals surface area contributed by atoms with Crippen molar-refractivity contribution in [1.29, 1.82) is 0 Å². The third-order valence-corrected chi connectivity index (χ3v) is 6.27. The number of anilines is 1. The molecule has 0 aliphatic carbocycles. The van der Waals surface area contributed by atoms with Gasteiger partial charge >= 0.3 is 0 Å². The second kappa shape index (κ2) is 9.19. The molecular weight excluding hydrogens is 416 g/mol. The zero-order chi connectivity index (χ0) is 23.6. The predicted molar refractivity (Wildman–Crippen MR) is 128 cm³/mol. The molecule has 2 aromatic carbocycles. The van der Waals surface area contributed by atoms with Gasteiger partial charge in [-0.15, -0.1) is 0 Å². The molecule has 0 unspecified atom stereocenters. The first-order valence-corrected chi connectivity index (χ1v) is 11.2. The quantitative estimate of drug-likeness (QED) is 0.561. The van der Waals surface area contributed by atoms with Gasteiger partial charge < -0.3 is 10.1 Å². The van der Waals surface area contributed by atoms with Crippen LogP contribution in [0, 0.1) is 13.8 Å². The Morgan fingerprint density at radius 3 is 2.58 bits per heavy atom. The van der Waals surface area contributed by atoms with E-state index < -0.39 is 5.54 Å². The highest BCUT2D eigenvalue weighted by Gasteiger charge is 2.48. The van der Waals surface area contributed by atoms with E-state index in [1.807, 2.05) is 68.4 Å². The first-order chi connectivity index (χ1) is 15.8. The van der Waals surface area contributed by atoms with Crippen LogP contribution in [0.15, 0.2) is 54.6 Å². The third-order valence-electron chi connectivity index (χ3n) is 6.27. The minimum atomic E-state index is -1.14. The minimum absolute atomic E-state index is 0.215. The minimum Gasteiger partial charge on any atom is -0.385 e. The summed E-state index contributed by atoms with van der Waals surface area (Å²) in [6.45, 7) is 7.12. The fourth-order valence-corrected chi connectivity index (χ4v) is 4.21. The molecule has 33 heavy (non-hydrogen) atoms. The van der Waals surface area contributed by atoms with Gasteiger partial charge in [0.15, 0.2) is 0 Å². The lowest BCUT2D eigenvalue weighted by Gasteiger charge is -2.43. The van der Waals surface area contributed by atoms with Gasteiger partial charge in [0.1, 0.15) is 11.2 Å². The highest BCUT2D eigenvalue weighted by molar-refractivity contribution is 6.12. The number of aromatic nitrogens is 2. The summed E-state index contributed by atoms with van der Waals surface area (Å²) >= 11 is 0. The van der Waals surface area contributed by atoms with E-state index in [1.54, 1.807) is 23.6 Å². The van der Waals surface area contributed by atoms with Crippen molar-refractivity contribution in [3.05, 3.63) is 71.4 Å². The Kier molecular flexibility index (Phi) is 6.33. The smallest absolute Gasteiger partial charge is 0.277 e. The summed E-state index contributed by atoms with van der Waals surface area (Å²) in [5.74, 6) is -0.457. The largest absolute Gasteiger partial charge is 0.385 e. The molecule has 0 bridgehead atoms. The van der Waals surface area contributed by atoms with Crippen LogP contribution < -0.4 is 10.2 Å². The van der Waals surface area contributed by atoms with Crippen molar-refractivity contribution in [1.82, 2.24) is 15.1 Å².